The Kier molecular flexibility index (Phi) is 7.90. The van der Waals surface area contributed by atoms with Gasteiger partial charge in [-0.05, 0) is 62.0 Å². The number of aliphatic hydroxyl groups excluding tert-OH is 2. The molecule has 5 atom stereocenters. The average molecular weight is 412 g/mol. The highest BCUT2D eigenvalue weighted by Gasteiger charge is 2.43. The van der Waals surface area contributed by atoms with E-state index in [2.05, 4.69) is 31.2 Å². The molecule has 30 heavy (non-hydrogen) atoms. The second-order valence-corrected chi connectivity index (χ2v) is 9.32. The van der Waals surface area contributed by atoms with Crippen LogP contribution >= 0.6 is 0 Å². The molecule has 2 aliphatic rings. The molecule has 2 aliphatic carbocycles. The van der Waals surface area contributed by atoms with Gasteiger partial charge in [0, 0.05) is 32.9 Å². The Balaban J connectivity index is 1.48. The fourth-order valence-corrected chi connectivity index (χ4v) is 5.03. The quantitative estimate of drug-likeness (QED) is 0.476. The molecule has 1 fully saturated rings. The highest BCUT2D eigenvalue weighted by Crippen LogP contribution is 2.48. The fourth-order valence-electron chi connectivity index (χ4n) is 5.03. The van der Waals surface area contributed by atoms with Crippen LogP contribution in [0.15, 0.2) is 48.1 Å². The number of benzene rings is 1. The first-order chi connectivity index (χ1) is 14.3. The fraction of sp³-hybridized carbons (Fsp3) is 0.577. The molecule has 0 aliphatic heterocycles. The number of hydrogen-bond acceptors (Lipinski definition) is 3. The molecule has 0 aromatic heterocycles. The number of aryl methyl sites for hydroxylation is 1. The van der Waals surface area contributed by atoms with Crippen LogP contribution < -0.4 is 0 Å². The number of aliphatic hydroxyl groups is 2. The number of carbonyl (C=O) groups excluding carboxylic acids is 1. The van der Waals surface area contributed by atoms with Crippen molar-refractivity contribution in [2.45, 2.75) is 64.1 Å². The first-order valence-corrected chi connectivity index (χ1v) is 11.3. The molecule has 1 aromatic carbocycles. The van der Waals surface area contributed by atoms with Gasteiger partial charge in [0.05, 0.1) is 12.2 Å². The Labute approximate surface area is 181 Å². The summed E-state index contributed by atoms with van der Waals surface area (Å²) < 4.78 is 0. The molecule has 1 amide bonds. The molecular weight excluding hydrogens is 374 g/mol. The van der Waals surface area contributed by atoms with Crippen LogP contribution in [0.5, 0.6) is 0 Å². The minimum absolute atomic E-state index is 0.116. The van der Waals surface area contributed by atoms with Crippen LogP contribution in [0.2, 0.25) is 0 Å². The molecule has 1 saturated carbocycles. The Morgan fingerprint density at radius 3 is 2.77 bits per heavy atom. The van der Waals surface area contributed by atoms with Gasteiger partial charge in [-0.1, -0.05) is 48.1 Å². The van der Waals surface area contributed by atoms with Crippen molar-refractivity contribution in [1.29, 1.82) is 0 Å². The van der Waals surface area contributed by atoms with E-state index in [4.69, 9.17) is 0 Å². The molecule has 0 heterocycles. The van der Waals surface area contributed by atoms with Crippen LogP contribution in [-0.2, 0) is 11.2 Å². The Morgan fingerprint density at radius 2 is 2.03 bits per heavy atom. The third-order valence-corrected chi connectivity index (χ3v) is 6.83. The number of amides is 1. The molecule has 4 heteroatoms. The van der Waals surface area contributed by atoms with Gasteiger partial charge < -0.3 is 15.1 Å². The van der Waals surface area contributed by atoms with Crippen molar-refractivity contribution in [3.8, 4) is 0 Å². The highest BCUT2D eigenvalue weighted by molar-refractivity contribution is 5.75. The second-order valence-electron chi connectivity index (χ2n) is 9.32. The Morgan fingerprint density at radius 1 is 1.27 bits per heavy atom. The SMILES string of the molecule is Cc1ccccc1C[C@H](O)C=C[C@@H]1[C@H]2CC(CCCCC(=O)N(C)C)=C[C@H]2C[C@H]1O. The number of allylic oxidation sites excluding steroid dienone is 2. The van der Waals surface area contributed by atoms with E-state index in [9.17, 15) is 15.0 Å². The number of nitrogens with zero attached hydrogens (tertiary/aromatic N) is 1. The minimum atomic E-state index is -0.527. The molecule has 1 aromatic rings. The molecule has 0 unspecified atom stereocenters. The molecular formula is C26H37NO3. The zero-order valence-electron chi connectivity index (χ0n) is 18.6. The largest absolute Gasteiger partial charge is 0.392 e. The Hall–Kier alpha value is -1.91. The van der Waals surface area contributed by atoms with Crippen molar-refractivity contribution in [3.05, 3.63) is 59.2 Å². The summed E-state index contributed by atoms with van der Waals surface area (Å²) in [6.07, 6.45) is 11.6. The minimum Gasteiger partial charge on any atom is -0.392 e. The van der Waals surface area contributed by atoms with E-state index in [1.54, 1.807) is 19.0 Å². The summed E-state index contributed by atoms with van der Waals surface area (Å²) >= 11 is 0. The summed E-state index contributed by atoms with van der Waals surface area (Å²) in [6, 6.07) is 8.15. The van der Waals surface area contributed by atoms with Crippen molar-refractivity contribution in [3.63, 3.8) is 0 Å². The number of fused-ring (bicyclic) bond motifs is 1. The lowest BCUT2D eigenvalue weighted by Crippen LogP contribution is -2.21. The van der Waals surface area contributed by atoms with Gasteiger partial charge in [0.1, 0.15) is 0 Å². The first kappa shape index (κ1) is 22.8. The summed E-state index contributed by atoms with van der Waals surface area (Å²) in [5.41, 5.74) is 3.84. The van der Waals surface area contributed by atoms with Crippen molar-refractivity contribution in [2.24, 2.45) is 17.8 Å². The van der Waals surface area contributed by atoms with E-state index >= 15 is 0 Å². The highest BCUT2D eigenvalue weighted by atomic mass is 16.3. The predicted molar refractivity (Wildman–Crippen MR) is 121 cm³/mol. The number of hydrogen-bond donors (Lipinski definition) is 2. The lowest BCUT2D eigenvalue weighted by Gasteiger charge is -2.19. The smallest absolute Gasteiger partial charge is 0.222 e. The maximum Gasteiger partial charge on any atom is 0.222 e. The van der Waals surface area contributed by atoms with Crippen molar-refractivity contribution in [1.82, 2.24) is 4.90 Å². The summed E-state index contributed by atoms with van der Waals surface area (Å²) in [7, 11) is 3.61. The summed E-state index contributed by atoms with van der Waals surface area (Å²) in [5, 5.41) is 21.0. The van der Waals surface area contributed by atoms with Crippen molar-refractivity contribution in [2.75, 3.05) is 14.1 Å². The van der Waals surface area contributed by atoms with Gasteiger partial charge in [-0.2, -0.15) is 0 Å². The molecule has 0 spiro atoms. The zero-order valence-corrected chi connectivity index (χ0v) is 18.6. The van der Waals surface area contributed by atoms with Gasteiger partial charge in [0.25, 0.3) is 0 Å². The molecule has 2 N–H and O–H groups in total. The lowest BCUT2D eigenvalue weighted by atomic mass is 9.88. The van der Waals surface area contributed by atoms with E-state index in [0.29, 0.717) is 24.7 Å². The number of carbonyl (C=O) groups is 1. The summed E-state index contributed by atoms with van der Waals surface area (Å²) in [5.74, 6) is 1.21. The van der Waals surface area contributed by atoms with Gasteiger partial charge in [0.15, 0.2) is 0 Å². The van der Waals surface area contributed by atoms with Crippen LogP contribution in [0.25, 0.3) is 0 Å². The van der Waals surface area contributed by atoms with E-state index < -0.39 is 6.10 Å². The van der Waals surface area contributed by atoms with Crippen LogP contribution in [0, 0.1) is 24.7 Å². The summed E-state index contributed by atoms with van der Waals surface area (Å²) in [6.45, 7) is 2.07. The first-order valence-electron chi connectivity index (χ1n) is 11.3. The monoisotopic (exact) mass is 411 g/mol. The standard InChI is InChI=1S/C26H37NO3/c1-18-8-4-6-10-20(18)16-22(28)12-13-23-24-15-19(14-21(24)17-25(23)29)9-5-7-11-26(30)27(2)3/h4,6,8,10,12-14,21-25,28-29H,5,7,9,11,15-17H2,1-3H3/t21-,22+,23+,24-,25+/m0/s1. The van der Waals surface area contributed by atoms with Gasteiger partial charge in [-0.15, -0.1) is 0 Å². The molecule has 164 valence electrons. The average Bonchev–Trinajstić information content (AvgIpc) is 3.21. The number of unbranched alkanes of at least 4 members (excludes halogenated alkanes) is 1. The van der Waals surface area contributed by atoms with Crippen LogP contribution in [0.1, 0.15) is 49.7 Å². The number of rotatable bonds is 9. The normalized spacial score (nSPS) is 26.6. The van der Waals surface area contributed by atoms with Gasteiger partial charge in [0.2, 0.25) is 5.91 Å². The third kappa shape index (κ3) is 5.83. The van der Waals surface area contributed by atoms with Gasteiger partial charge in [-0.3, -0.25) is 4.79 Å². The molecule has 4 nitrogen and oxygen atoms in total. The zero-order chi connectivity index (χ0) is 21.7. The second kappa shape index (κ2) is 10.4. The molecule has 3 rings (SSSR count). The Bertz CT molecular complexity index is 782. The van der Waals surface area contributed by atoms with Crippen LogP contribution in [0.3, 0.4) is 0 Å². The van der Waals surface area contributed by atoms with Crippen LogP contribution in [-0.4, -0.2) is 47.3 Å². The van der Waals surface area contributed by atoms with Crippen molar-refractivity contribution < 1.29 is 15.0 Å². The van der Waals surface area contributed by atoms with E-state index in [1.165, 1.54) is 11.1 Å². The maximum absolute atomic E-state index is 11.7. The third-order valence-electron chi connectivity index (χ3n) is 6.83. The molecule has 0 bridgehead atoms. The van der Waals surface area contributed by atoms with Crippen molar-refractivity contribution >= 4 is 5.91 Å². The van der Waals surface area contributed by atoms with E-state index in [-0.39, 0.29) is 17.9 Å². The van der Waals surface area contributed by atoms with E-state index in [0.717, 1.165) is 37.7 Å². The summed E-state index contributed by atoms with van der Waals surface area (Å²) in [4.78, 5) is 13.4. The molecule has 0 radical (unpaired) electrons. The van der Waals surface area contributed by atoms with Gasteiger partial charge >= 0.3 is 0 Å². The molecule has 0 saturated heterocycles. The van der Waals surface area contributed by atoms with E-state index in [1.807, 2.05) is 18.2 Å². The topological polar surface area (TPSA) is 60.8 Å². The predicted octanol–water partition coefficient (Wildman–Crippen LogP) is 4.05. The van der Waals surface area contributed by atoms with Gasteiger partial charge in [-0.25, -0.2) is 0 Å². The van der Waals surface area contributed by atoms with Crippen LogP contribution in [0.4, 0.5) is 0 Å². The maximum atomic E-state index is 11.7. The lowest BCUT2D eigenvalue weighted by molar-refractivity contribution is -0.128.